The average molecular weight is 309 g/mol. The molecule has 2 rings (SSSR count). The fraction of sp³-hybridized carbons (Fsp3) is 0.133. The molecule has 21 heavy (non-hydrogen) atoms. The molecule has 4 nitrogen and oxygen atoms in total. The predicted octanol–water partition coefficient (Wildman–Crippen LogP) is 3.93. The molecular weight excluding hydrogens is 295 g/mol. The third kappa shape index (κ3) is 3.25. The normalized spacial score (nSPS) is 12.0. The van der Waals surface area contributed by atoms with Crippen molar-refractivity contribution in [2.45, 2.75) is 13.0 Å². The first kappa shape index (κ1) is 15.1. The Hall–Kier alpha value is -2.27. The van der Waals surface area contributed by atoms with E-state index >= 15 is 0 Å². The topological polar surface area (TPSA) is 75.3 Å². The van der Waals surface area contributed by atoms with Gasteiger partial charge in [-0.15, -0.1) is 0 Å². The fourth-order valence-electron chi connectivity index (χ4n) is 2.04. The molecule has 0 radical (unpaired) electrons. The molecule has 0 aliphatic rings. The number of hydrogen-bond acceptors (Lipinski definition) is 3. The standard InChI is InChI=1S/C15H14ClFN2O2/c1-8(9-3-2-4-10(16)7-9)19-12-6-5-11(17)14(18)13(12)15(20)21/h2-8,19H,18H2,1H3,(H,20,21). The Morgan fingerprint density at radius 1 is 1.38 bits per heavy atom. The van der Waals surface area contributed by atoms with Crippen LogP contribution in [0.2, 0.25) is 5.02 Å². The van der Waals surface area contributed by atoms with Gasteiger partial charge in [-0.1, -0.05) is 23.7 Å². The second kappa shape index (κ2) is 6.01. The van der Waals surface area contributed by atoms with Crippen molar-refractivity contribution in [2.24, 2.45) is 0 Å². The Labute approximate surface area is 126 Å². The highest BCUT2D eigenvalue weighted by molar-refractivity contribution is 6.30. The minimum atomic E-state index is -1.28. The van der Waals surface area contributed by atoms with Crippen molar-refractivity contribution in [3.8, 4) is 0 Å². The van der Waals surface area contributed by atoms with Crippen LogP contribution >= 0.6 is 11.6 Å². The Kier molecular flexibility index (Phi) is 4.33. The lowest BCUT2D eigenvalue weighted by atomic mass is 10.1. The van der Waals surface area contributed by atoms with E-state index in [1.165, 1.54) is 6.07 Å². The first-order chi connectivity index (χ1) is 9.90. The third-order valence-corrected chi connectivity index (χ3v) is 3.36. The van der Waals surface area contributed by atoms with Crippen LogP contribution in [0, 0.1) is 5.82 Å². The van der Waals surface area contributed by atoms with Crippen molar-refractivity contribution >= 4 is 28.9 Å². The minimum absolute atomic E-state index is 0.216. The van der Waals surface area contributed by atoms with Crippen LogP contribution in [0.4, 0.5) is 15.8 Å². The lowest BCUT2D eigenvalue weighted by Gasteiger charge is -2.18. The van der Waals surface area contributed by atoms with Gasteiger partial charge in [0.15, 0.2) is 0 Å². The van der Waals surface area contributed by atoms with Crippen molar-refractivity contribution in [2.75, 3.05) is 11.1 Å². The Morgan fingerprint density at radius 2 is 2.10 bits per heavy atom. The molecule has 0 aromatic heterocycles. The van der Waals surface area contributed by atoms with Gasteiger partial charge in [-0.2, -0.15) is 0 Å². The summed E-state index contributed by atoms with van der Waals surface area (Å²) in [7, 11) is 0. The molecule has 0 bridgehead atoms. The van der Waals surface area contributed by atoms with Crippen molar-refractivity contribution in [1.82, 2.24) is 0 Å². The van der Waals surface area contributed by atoms with E-state index in [-0.39, 0.29) is 23.0 Å². The maximum Gasteiger partial charge on any atom is 0.340 e. The molecular formula is C15H14ClFN2O2. The number of aromatic carboxylic acids is 1. The lowest BCUT2D eigenvalue weighted by molar-refractivity contribution is 0.0698. The van der Waals surface area contributed by atoms with E-state index < -0.39 is 11.8 Å². The molecule has 1 unspecified atom stereocenters. The zero-order valence-corrected chi connectivity index (χ0v) is 12.0. The summed E-state index contributed by atoms with van der Waals surface area (Å²) in [6, 6.07) is 9.45. The second-order valence-electron chi connectivity index (χ2n) is 4.61. The van der Waals surface area contributed by atoms with Gasteiger partial charge in [0, 0.05) is 11.1 Å². The van der Waals surface area contributed by atoms with Crippen LogP contribution in [0.3, 0.4) is 0 Å². The quantitative estimate of drug-likeness (QED) is 0.748. The third-order valence-electron chi connectivity index (χ3n) is 3.13. The van der Waals surface area contributed by atoms with Gasteiger partial charge in [-0.05, 0) is 36.8 Å². The van der Waals surface area contributed by atoms with Crippen molar-refractivity contribution in [3.63, 3.8) is 0 Å². The van der Waals surface area contributed by atoms with Crippen molar-refractivity contribution in [3.05, 3.63) is 58.4 Å². The number of hydrogen-bond donors (Lipinski definition) is 3. The zero-order valence-electron chi connectivity index (χ0n) is 11.2. The van der Waals surface area contributed by atoms with E-state index in [1.54, 1.807) is 18.2 Å². The lowest BCUT2D eigenvalue weighted by Crippen LogP contribution is -2.13. The van der Waals surface area contributed by atoms with Gasteiger partial charge in [0.05, 0.1) is 11.4 Å². The summed E-state index contributed by atoms with van der Waals surface area (Å²) in [6.45, 7) is 1.84. The number of nitrogen functional groups attached to an aromatic ring is 1. The molecule has 0 heterocycles. The highest BCUT2D eigenvalue weighted by Gasteiger charge is 2.19. The zero-order chi connectivity index (χ0) is 15.6. The number of nitrogens with two attached hydrogens (primary N) is 1. The predicted molar refractivity (Wildman–Crippen MR) is 81.3 cm³/mol. The number of carboxylic acid groups (broad SMARTS) is 1. The van der Waals surface area contributed by atoms with Gasteiger partial charge in [-0.25, -0.2) is 9.18 Å². The number of halogens is 2. The SMILES string of the molecule is CC(Nc1ccc(F)c(N)c1C(=O)O)c1cccc(Cl)c1. The van der Waals surface area contributed by atoms with Gasteiger partial charge in [0.1, 0.15) is 11.4 Å². The van der Waals surface area contributed by atoms with Crippen LogP contribution in [0.1, 0.15) is 28.9 Å². The largest absolute Gasteiger partial charge is 0.478 e. The molecule has 0 aliphatic carbocycles. The molecule has 4 N–H and O–H groups in total. The monoisotopic (exact) mass is 308 g/mol. The van der Waals surface area contributed by atoms with Crippen LogP contribution in [-0.4, -0.2) is 11.1 Å². The minimum Gasteiger partial charge on any atom is -0.478 e. The smallest absolute Gasteiger partial charge is 0.340 e. The molecule has 0 spiro atoms. The summed E-state index contributed by atoms with van der Waals surface area (Å²) < 4.78 is 13.4. The number of nitrogens with one attached hydrogen (secondary N) is 1. The maximum absolute atomic E-state index is 13.4. The van der Waals surface area contributed by atoms with E-state index in [2.05, 4.69) is 5.32 Å². The molecule has 0 saturated heterocycles. The Balaban J connectivity index is 2.35. The fourth-order valence-corrected chi connectivity index (χ4v) is 2.24. The van der Waals surface area contributed by atoms with Crippen LogP contribution in [0.5, 0.6) is 0 Å². The van der Waals surface area contributed by atoms with Gasteiger partial charge in [0.25, 0.3) is 0 Å². The van der Waals surface area contributed by atoms with Crippen LogP contribution in [-0.2, 0) is 0 Å². The van der Waals surface area contributed by atoms with Crippen molar-refractivity contribution in [1.29, 1.82) is 0 Å². The molecule has 0 aliphatic heterocycles. The van der Waals surface area contributed by atoms with Gasteiger partial charge in [0.2, 0.25) is 0 Å². The molecule has 6 heteroatoms. The van der Waals surface area contributed by atoms with Gasteiger partial charge < -0.3 is 16.2 Å². The van der Waals surface area contributed by atoms with E-state index in [1.807, 2.05) is 13.0 Å². The number of benzene rings is 2. The number of anilines is 2. The molecule has 0 fully saturated rings. The van der Waals surface area contributed by atoms with Gasteiger partial charge >= 0.3 is 5.97 Å². The van der Waals surface area contributed by atoms with E-state index in [9.17, 15) is 14.3 Å². The van der Waals surface area contributed by atoms with Crippen LogP contribution in [0.25, 0.3) is 0 Å². The van der Waals surface area contributed by atoms with Crippen molar-refractivity contribution < 1.29 is 14.3 Å². The first-order valence-corrected chi connectivity index (χ1v) is 6.61. The summed E-state index contributed by atoms with van der Waals surface area (Å²) in [5, 5.41) is 12.8. The molecule has 110 valence electrons. The summed E-state index contributed by atoms with van der Waals surface area (Å²) in [4.78, 5) is 11.3. The van der Waals surface area contributed by atoms with Crippen LogP contribution < -0.4 is 11.1 Å². The molecule has 2 aromatic rings. The first-order valence-electron chi connectivity index (χ1n) is 6.23. The maximum atomic E-state index is 13.4. The summed E-state index contributed by atoms with van der Waals surface area (Å²) in [6.07, 6.45) is 0. The van der Waals surface area contributed by atoms with Gasteiger partial charge in [-0.3, -0.25) is 0 Å². The van der Waals surface area contributed by atoms with E-state index in [0.717, 1.165) is 11.6 Å². The highest BCUT2D eigenvalue weighted by Crippen LogP contribution is 2.29. The van der Waals surface area contributed by atoms with E-state index in [4.69, 9.17) is 17.3 Å². The second-order valence-corrected chi connectivity index (χ2v) is 5.05. The van der Waals surface area contributed by atoms with Crippen LogP contribution in [0.15, 0.2) is 36.4 Å². The summed E-state index contributed by atoms with van der Waals surface area (Å²) >= 11 is 5.93. The Bertz CT molecular complexity index is 691. The number of carboxylic acids is 1. The molecule has 1 atom stereocenters. The summed E-state index contributed by atoms with van der Waals surface area (Å²) in [5.74, 6) is -2.04. The molecule has 0 amide bonds. The number of rotatable bonds is 4. The summed E-state index contributed by atoms with van der Waals surface area (Å²) in [5.41, 5.74) is 5.98. The van der Waals surface area contributed by atoms with E-state index in [0.29, 0.717) is 5.02 Å². The number of carbonyl (C=O) groups is 1. The Morgan fingerprint density at radius 3 is 2.71 bits per heavy atom. The average Bonchev–Trinajstić information content (AvgIpc) is 2.42. The molecule has 0 saturated carbocycles. The highest BCUT2D eigenvalue weighted by atomic mass is 35.5. The molecule has 2 aromatic carbocycles.